The zero-order valence-corrected chi connectivity index (χ0v) is 24.2. The largest absolute Gasteiger partial charge is 3.00 e. The van der Waals surface area contributed by atoms with E-state index >= 15 is 0 Å². The molecule has 0 aliphatic heterocycles. The monoisotopic (exact) mass is 513 g/mol. The molecule has 0 amide bonds. The van der Waals surface area contributed by atoms with Crippen LogP contribution in [0.1, 0.15) is 83.2 Å². The van der Waals surface area contributed by atoms with Gasteiger partial charge < -0.3 is 19.1 Å². The zero-order valence-electron chi connectivity index (χ0n) is 21.3. The van der Waals surface area contributed by atoms with Crippen molar-refractivity contribution in [2.75, 3.05) is 0 Å². The van der Waals surface area contributed by atoms with Gasteiger partial charge in [-0.1, -0.05) is 73.9 Å². The van der Waals surface area contributed by atoms with Crippen LogP contribution in [-0.4, -0.2) is 0 Å². The summed E-state index contributed by atoms with van der Waals surface area (Å²) in [5.74, 6) is 2.72. The first kappa shape index (κ1) is 33.1. The molecule has 0 bridgehead atoms. The Hall–Kier alpha value is -1.12. The molecule has 0 heterocycles. The van der Waals surface area contributed by atoms with Gasteiger partial charge in [-0.25, -0.2) is 15.9 Å². The topological polar surface area (TPSA) is 26.0 Å². The van der Waals surface area contributed by atoms with E-state index in [4.69, 9.17) is 5.73 Å². The van der Waals surface area contributed by atoms with E-state index in [1.54, 1.807) is 25.8 Å². The molecule has 0 radical (unpaired) electrons. The number of aryl methyl sites for hydroxylation is 1. The van der Waals surface area contributed by atoms with E-state index in [1.807, 2.05) is 32.9 Å². The third-order valence-corrected chi connectivity index (χ3v) is 5.24. The number of nitrogens with two attached hydrogens (primary N) is 1. The first-order valence-corrected chi connectivity index (χ1v) is 11.2. The average Bonchev–Trinajstić information content (AvgIpc) is 3.54. The summed E-state index contributed by atoms with van der Waals surface area (Å²) in [5, 5.41) is 0. The fourth-order valence-corrected chi connectivity index (χ4v) is 3.44. The summed E-state index contributed by atoms with van der Waals surface area (Å²) in [6, 6.07) is 6.00. The molecule has 1 nitrogen and oxygen atoms in total. The van der Waals surface area contributed by atoms with Crippen LogP contribution in [0.4, 0.5) is 4.39 Å². The summed E-state index contributed by atoms with van der Waals surface area (Å²) in [6.45, 7) is 24.0. The third-order valence-electron chi connectivity index (χ3n) is 5.24. The van der Waals surface area contributed by atoms with Gasteiger partial charge in [-0.15, -0.1) is 36.6 Å². The van der Waals surface area contributed by atoms with Gasteiger partial charge in [-0.3, -0.25) is 0 Å². The van der Waals surface area contributed by atoms with Crippen LogP contribution in [0.5, 0.6) is 0 Å². The van der Waals surface area contributed by atoms with Gasteiger partial charge in [0, 0.05) is 0 Å². The maximum atomic E-state index is 13.2. The van der Waals surface area contributed by atoms with Crippen molar-refractivity contribution in [2.45, 2.75) is 73.4 Å². The first-order valence-electron chi connectivity index (χ1n) is 11.2. The summed E-state index contributed by atoms with van der Waals surface area (Å²) in [7, 11) is 0. The molecule has 1 aromatic carbocycles. The minimum atomic E-state index is -0.877. The standard InChI is InChI=1S/C13H18F.C11H14N.C3H6.C2H5.Y/c1-5-10(3)12-6-9(2)7-13(8-12)11(4)14;1-3-9-10(7(2)12)5-4-8-6-11(8)9;1-3-2;1-2;/h5-8,10-11H,1-4H3;4-5,8H,2-3,6,12H2,1H3;3H,1H2,2H3;1H2,2H3;/q2*-1;;-1;+3. The van der Waals surface area contributed by atoms with Gasteiger partial charge in [0.2, 0.25) is 0 Å². The number of alkyl halides is 1. The second-order valence-electron chi connectivity index (χ2n) is 7.79. The smallest absolute Gasteiger partial charge is 0.413 e. The maximum absolute atomic E-state index is 13.2. The van der Waals surface area contributed by atoms with E-state index in [1.165, 1.54) is 23.1 Å². The molecule has 0 aromatic heterocycles. The van der Waals surface area contributed by atoms with Gasteiger partial charge in [0.25, 0.3) is 0 Å². The Kier molecular flexibility index (Phi) is 17.9. The van der Waals surface area contributed by atoms with Crippen molar-refractivity contribution in [3.63, 3.8) is 0 Å². The van der Waals surface area contributed by atoms with Crippen molar-refractivity contribution in [1.29, 1.82) is 0 Å². The number of benzene rings is 1. The van der Waals surface area contributed by atoms with Crippen LogP contribution in [0.15, 0.2) is 66.4 Å². The van der Waals surface area contributed by atoms with E-state index in [-0.39, 0.29) is 32.7 Å². The molecule has 1 fully saturated rings. The zero-order chi connectivity index (χ0) is 24.1. The van der Waals surface area contributed by atoms with Crippen molar-refractivity contribution >= 4 is 0 Å². The van der Waals surface area contributed by atoms with Gasteiger partial charge in [-0.05, 0) is 26.3 Å². The predicted octanol–water partition coefficient (Wildman–Crippen LogP) is 8.71. The van der Waals surface area contributed by atoms with Gasteiger partial charge in [0.15, 0.2) is 0 Å². The van der Waals surface area contributed by atoms with Crippen molar-refractivity contribution in [3.8, 4) is 0 Å². The number of hydrogen-bond acceptors (Lipinski definition) is 1. The Balaban J connectivity index is 0. The summed E-state index contributed by atoms with van der Waals surface area (Å²) in [5.41, 5.74) is 12.1. The maximum Gasteiger partial charge on any atom is 3.00 e. The van der Waals surface area contributed by atoms with E-state index in [0.29, 0.717) is 11.6 Å². The minimum absolute atomic E-state index is 0. The fraction of sp³-hybridized carbons (Fsp3) is 0.414. The van der Waals surface area contributed by atoms with Gasteiger partial charge in [0.05, 0.1) is 0 Å². The van der Waals surface area contributed by atoms with Crippen LogP contribution in [-0.2, 0) is 32.7 Å². The average molecular weight is 514 g/mol. The molecule has 1 aromatic rings. The summed E-state index contributed by atoms with van der Waals surface area (Å²) >= 11 is 0. The second-order valence-corrected chi connectivity index (χ2v) is 7.79. The Labute approximate surface area is 223 Å². The Morgan fingerprint density at radius 1 is 1.31 bits per heavy atom. The van der Waals surface area contributed by atoms with Crippen LogP contribution < -0.4 is 5.73 Å². The van der Waals surface area contributed by atoms with E-state index in [9.17, 15) is 4.39 Å². The Bertz CT molecular complexity index is 760. The molecular formula is C29H43FNY. The Morgan fingerprint density at radius 2 is 1.84 bits per heavy atom. The normalized spacial score (nSPS) is 16.9. The van der Waals surface area contributed by atoms with Crippen LogP contribution in [0.3, 0.4) is 0 Å². The molecule has 2 N–H and O–H groups in total. The number of allylic oxidation sites excluding steroid dienone is 4. The van der Waals surface area contributed by atoms with Gasteiger partial charge in [0.1, 0.15) is 6.17 Å². The molecule has 1 saturated carbocycles. The molecule has 3 heteroatoms. The third kappa shape index (κ3) is 10.7. The number of rotatable bonds is 5. The molecule has 0 spiro atoms. The Morgan fingerprint density at radius 3 is 2.28 bits per heavy atom. The van der Waals surface area contributed by atoms with Gasteiger partial charge in [-0.2, -0.15) is 13.8 Å². The SMILES string of the molecule is C=C(N)C1=C(CC)[C-]2CC2C=C1.C=CC.C[CH-]C(C)c1cc(C)cc(C(C)F)c1.[CH2-]C.[Y+3]. The van der Waals surface area contributed by atoms with Crippen LogP contribution >= 0.6 is 0 Å². The van der Waals surface area contributed by atoms with Crippen molar-refractivity contribution in [2.24, 2.45) is 11.7 Å². The summed E-state index contributed by atoms with van der Waals surface area (Å²) in [4.78, 5) is 0. The van der Waals surface area contributed by atoms with E-state index in [2.05, 4.69) is 58.6 Å². The second kappa shape index (κ2) is 17.4. The predicted molar refractivity (Wildman–Crippen MR) is 137 cm³/mol. The number of fused-ring (bicyclic) bond motifs is 1. The van der Waals surface area contributed by atoms with Crippen LogP contribution in [0, 0.1) is 32.1 Å². The van der Waals surface area contributed by atoms with Crippen molar-refractivity contribution < 1.29 is 37.1 Å². The summed E-state index contributed by atoms with van der Waals surface area (Å²) in [6.07, 6.45) is 9.70. The molecule has 2 aliphatic carbocycles. The molecule has 2 aliphatic rings. The quantitative estimate of drug-likeness (QED) is 0.309. The van der Waals surface area contributed by atoms with E-state index < -0.39 is 6.17 Å². The fourth-order valence-electron chi connectivity index (χ4n) is 3.44. The van der Waals surface area contributed by atoms with Crippen molar-refractivity contribution in [1.82, 2.24) is 0 Å². The van der Waals surface area contributed by atoms with E-state index in [0.717, 1.165) is 23.5 Å². The number of hydrogen-bond donors (Lipinski definition) is 1. The molecule has 3 rings (SSSR count). The van der Waals surface area contributed by atoms with Crippen LogP contribution in [0.25, 0.3) is 0 Å². The first-order chi connectivity index (χ1) is 14.7. The van der Waals surface area contributed by atoms with Gasteiger partial charge >= 0.3 is 32.7 Å². The number of halogens is 1. The molecule has 32 heavy (non-hydrogen) atoms. The molecule has 3 atom stereocenters. The minimum Gasteiger partial charge on any atom is -0.413 e. The van der Waals surface area contributed by atoms with Crippen molar-refractivity contribution in [3.05, 3.63) is 102 Å². The molecule has 3 unspecified atom stereocenters. The van der Waals surface area contributed by atoms with Crippen LogP contribution in [0.2, 0.25) is 0 Å². The molecule has 0 saturated heterocycles. The molecule has 174 valence electrons. The molecular weight excluding hydrogens is 470 g/mol. The summed E-state index contributed by atoms with van der Waals surface area (Å²) < 4.78 is 13.2.